The molecule has 0 saturated heterocycles. The highest BCUT2D eigenvalue weighted by atomic mass is 127. The topological polar surface area (TPSA) is 35.0 Å². The number of thioether (sulfide) groups is 1. The molecule has 0 spiro atoms. The number of hydrogen-bond acceptors (Lipinski definition) is 5. The van der Waals surface area contributed by atoms with E-state index in [-0.39, 0.29) is 0 Å². The van der Waals surface area contributed by atoms with Gasteiger partial charge >= 0.3 is 0 Å². The van der Waals surface area contributed by atoms with Crippen LogP contribution in [0.5, 0.6) is 0 Å². The van der Waals surface area contributed by atoms with Gasteiger partial charge in [-0.15, -0.1) is 0 Å². The molecule has 1 aromatic heterocycles. The van der Waals surface area contributed by atoms with E-state index in [1.54, 1.807) is 11.8 Å². The Morgan fingerprint density at radius 2 is 2.50 bits per heavy atom. The monoisotopic (exact) mass is 316 g/mol. The van der Waals surface area contributed by atoms with E-state index in [2.05, 4.69) is 31.9 Å². The summed E-state index contributed by atoms with van der Waals surface area (Å²) >= 11 is 5.29. The SMILES string of the molecule is CCOCSc1nsc(CI)n1. The Bertz CT molecular complexity index is 231. The van der Waals surface area contributed by atoms with E-state index in [0.29, 0.717) is 5.94 Å². The van der Waals surface area contributed by atoms with Crippen LogP contribution in [-0.2, 0) is 9.16 Å². The van der Waals surface area contributed by atoms with Crippen molar-refractivity contribution in [1.29, 1.82) is 0 Å². The summed E-state index contributed by atoms with van der Waals surface area (Å²) in [4.78, 5) is 4.28. The first kappa shape index (κ1) is 10.7. The molecule has 3 nitrogen and oxygen atoms in total. The molecule has 0 unspecified atom stereocenters. The quantitative estimate of drug-likeness (QED) is 0.275. The fraction of sp³-hybridized carbons (Fsp3) is 0.667. The number of rotatable bonds is 5. The number of ether oxygens (including phenoxy) is 1. The molecular formula is C6H9IN2OS2. The summed E-state index contributed by atoms with van der Waals surface area (Å²) in [6, 6.07) is 0. The van der Waals surface area contributed by atoms with Gasteiger partial charge in [-0.25, -0.2) is 4.98 Å². The molecule has 0 aliphatic rings. The fourth-order valence-electron chi connectivity index (χ4n) is 0.530. The Morgan fingerprint density at radius 1 is 1.67 bits per heavy atom. The standard InChI is InChI=1S/C6H9IN2OS2/c1-2-10-4-11-6-8-5(3-7)12-9-6/h2-4H2,1H3. The van der Waals surface area contributed by atoms with Gasteiger partial charge in [-0.3, -0.25) is 0 Å². The lowest BCUT2D eigenvalue weighted by Crippen LogP contribution is -1.88. The van der Waals surface area contributed by atoms with Crippen LogP contribution in [0.4, 0.5) is 0 Å². The van der Waals surface area contributed by atoms with Crippen molar-refractivity contribution >= 4 is 45.9 Å². The van der Waals surface area contributed by atoms with Crippen LogP contribution in [0.15, 0.2) is 5.16 Å². The molecular weight excluding hydrogens is 307 g/mol. The van der Waals surface area contributed by atoms with Gasteiger partial charge in [0.2, 0.25) is 5.16 Å². The average Bonchev–Trinajstić information content (AvgIpc) is 2.53. The number of hydrogen-bond donors (Lipinski definition) is 0. The maximum absolute atomic E-state index is 5.17. The first-order chi connectivity index (χ1) is 5.86. The van der Waals surface area contributed by atoms with Crippen molar-refractivity contribution < 1.29 is 4.74 Å². The van der Waals surface area contributed by atoms with Crippen molar-refractivity contribution in [2.24, 2.45) is 0 Å². The van der Waals surface area contributed by atoms with Gasteiger partial charge in [0.1, 0.15) is 5.01 Å². The lowest BCUT2D eigenvalue weighted by Gasteiger charge is -1.94. The van der Waals surface area contributed by atoms with Crippen molar-refractivity contribution in [2.75, 3.05) is 12.5 Å². The predicted molar refractivity (Wildman–Crippen MR) is 60.0 cm³/mol. The van der Waals surface area contributed by atoms with Crippen molar-refractivity contribution in [1.82, 2.24) is 9.36 Å². The van der Waals surface area contributed by atoms with E-state index >= 15 is 0 Å². The van der Waals surface area contributed by atoms with E-state index in [4.69, 9.17) is 4.74 Å². The largest absolute Gasteiger partial charge is 0.371 e. The molecule has 0 aromatic carbocycles. The molecule has 68 valence electrons. The van der Waals surface area contributed by atoms with E-state index in [1.807, 2.05) is 6.92 Å². The highest BCUT2D eigenvalue weighted by Crippen LogP contribution is 2.18. The fourth-order valence-corrected chi connectivity index (χ4v) is 2.43. The molecule has 0 aliphatic heterocycles. The number of halogens is 1. The van der Waals surface area contributed by atoms with Crippen molar-refractivity contribution in [3.05, 3.63) is 5.01 Å². The van der Waals surface area contributed by atoms with Crippen molar-refractivity contribution in [2.45, 2.75) is 16.5 Å². The Morgan fingerprint density at radius 3 is 3.08 bits per heavy atom. The second kappa shape index (κ2) is 6.11. The summed E-state index contributed by atoms with van der Waals surface area (Å²) < 4.78 is 10.3. The lowest BCUT2D eigenvalue weighted by molar-refractivity contribution is 0.199. The first-order valence-electron chi connectivity index (χ1n) is 3.46. The summed E-state index contributed by atoms with van der Waals surface area (Å²) in [5.41, 5.74) is 0. The van der Waals surface area contributed by atoms with Gasteiger partial charge in [0.05, 0.1) is 10.4 Å². The minimum Gasteiger partial charge on any atom is -0.371 e. The second-order valence-electron chi connectivity index (χ2n) is 1.86. The third kappa shape index (κ3) is 3.55. The van der Waals surface area contributed by atoms with Gasteiger partial charge in [-0.2, -0.15) is 4.37 Å². The van der Waals surface area contributed by atoms with E-state index in [9.17, 15) is 0 Å². The minimum absolute atomic E-state index is 0.647. The summed E-state index contributed by atoms with van der Waals surface area (Å²) in [6.07, 6.45) is 0. The van der Waals surface area contributed by atoms with Crippen LogP contribution in [0, 0.1) is 0 Å². The second-order valence-corrected chi connectivity index (χ2v) is 4.35. The third-order valence-electron chi connectivity index (χ3n) is 1.04. The molecule has 1 aromatic rings. The predicted octanol–water partition coefficient (Wildman–Crippen LogP) is 2.56. The van der Waals surface area contributed by atoms with Gasteiger partial charge in [0.25, 0.3) is 0 Å². The molecule has 0 bridgehead atoms. The summed E-state index contributed by atoms with van der Waals surface area (Å²) in [6.45, 7) is 2.72. The molecule has 1 rings (SSSR count). The van der Waals surface area contributed by atoms with Crippen LogP contribution in [0.1, 0.15) is 11.9 Å². The highest BCUT2D eigenvalue weighted by Gasteiger charge is 2.02. The minimum atomic E-state index is 0.647. The van der Waals surface area contributed by atoms with Crippen LogP contribution in [-0.4, -0.2) is 21.9 Å². The average molecular weight is 316 g/mol. The maximum atomic E-state index is 5.17. The molecule has 0 saturated carbocycles. The summed E-state index contributed by atoms with van der Waals surface area (Å²) in [7, 11) is 0. The first-order valence-corrected chi connectivity index (χ1v) is 6.74. The number of aromatic nitrogens is 2. The van der Waals surface area contributed by atoms with Crippen molar-refractivity contribution in [3.63, 3.8) is 0 Å². The molecule has 0 radical (unpaired) electrons. The van der Waals surface area contributed by atoms with Crippen LogP contribution >= 0.6 is 45.9 Å². The van der Waals surface area contributed by atoms with E-state index in [1.165, 1.54) is 11.5 Å². The smallest absolute Gasteiger partial charge is 0.202 e. The van der Waals surface area contributed by atoms with Gasteiger partial charge in [0.15, 0.2) is 0 Å². The molecule has 6 heteroatoms. The lowest BCUT2D eigenvalue weighted by atomic mass is 10.8. The maximum Gasteiger partial charge on any atom is 0.202 e. The van der Waals surface area contributed by atoms with Gasteiger partial charge in [-0.05, 0) is 18.5 Å². The molecule has 0 aliphatic carbocycles. The Kier molecular flexibility index (Phi) is 5.44. The molecule has 0 N–H and O–H groups in total. The summed E-state index contributed by atoms with van der Waals surface area (Å²) in [5, 5.41) is 1.91. The third-order valence-corrected chi connectivity index (χ3v) is 3.83. The van der Waals surface area contributed by atoms with Crippen LogP contribution in [0.2, 0.25) is 0 Å². The zero-order valence-electron chi connectivity index (χ0n) is 6.62. The van der Waals surface area contributed by atoms with Crippen LogP contribution in [0.3, 0.4) is 0 Å². The summed E-state index contributed by atoms with van der Waals surface area (Å²) in [5.74, 6) is 0.647. The number of alkyl halides is 1. The zero-order chi connectivity index (χ0) is 8.81. The Balaban J connectivity index is 2.31. The molecule has 12 heavy (non-hydrogen) atoms. The molecule has 0 amide bonds. The number of nitrogens with zero attached hydrogens (tertiary/aromatic N) is 2. The van der Waals surface area contributed by atoms with E-state index < -0.39 is 0 Å². The molecule has 0 atom stereocenters. The van der Waals surface area contributed by atoms with Crippen LogP contribution in [0.25, 0.3) is 0 Å². The Hall–Kier alpha value is 0.600. The van der Waals surface area contributed by atoms with E-state index in [0.717, 1.165) is 21.2 Å². The molecule has 1 heterocycles. The van der Waals surface area contributed by atoms with Crippen molar-refractivity contribution in [3.8, 4) is 0 Å². The van der Waals surface area contributed by atoms with Gasteiger partial charge < -0.3 is 4.74 Å². The van der Waals surface area contributed by atoms with Gasteiger partial charge in [-0.1, -0.05) is 34.4 Å². The Labute approximate surface area is 93.6 Å². The van der Waals surface area contributed by atoms with Gasteiger partial charge in [0, 0.05) is 6.61 Å². The highest BCUT2D eigenvalue weighted by molar-refractivity contribution is 14.1. The van der Waals surface area contributed by atoms with Crippen LogP contribution < -0.4 is 0 Å². The normalized spacial score (nSPS) is 10.5. The zero-order valence-corrected chi connectivity index (χ0v) is 10.4. The molecule has 0 fully saturated rings.